The lowest BCUT2D eigenvalue weighted by Crippen LogP contribution is -2.59. The summed E-state index contributed by atoms with van der Waals surface area (Å²) in [5, 5.41) is 2.74. The topological polar surface area (TPSA) is 88.9 Å². The number of aryl methyl sites for hydroxylation is 2. The lowest BCUT2D eigenvalue weighted by molar-refractivity contribution is -0.202. The second-order valence-corrected chi connectivity index (χ2v) is 8.26. The molecule has 0 bridgehead atoms. The van der Waals surface area contributed by atoms with Crippen LogP contribution in [0.3, 0.4) is 0 Å². The van der Waals surface area contributed by atoms with E-state index in [-0.39, 0.29) is 12.3 Å². The van der Waals surface area contributed by atoms with Gasteiger partial charge in [0.15, 0.2) is 5.76 Å². The molecule has 2 heterocycles. The zero-order chi connectivity index (χ0) is 24.1. The van der Waals surface area contributed by atoms with Crippen molar-refractivity contribution in [2.45, 2.75) is 43.8 Å². The smallest absolute Gasteiger partial charge is 0.456 e. The van der Waals surface area contributed by atoms with Gasteiger partial charge in [-0.05, 0) is 50.6 Å². The molecule has 0 aliphatic carbocycles. The van der Waals surface area contributed by atoms with Crippen molar-refractivity contribution >= 4 is 17.8 Å². The molecule has 3 rings (SSSR count). The molecule has 10 heteroatoms. The van der Waals surface area contributed by atoms with Gasteiger partial charge in [0.25, 0.3) is 5.91 Å². The summed E-state index contributed by atoms with van der Waals surface area (Å²) in [7, 11) is 1.76. The van der Waals surface area contributed by atoms with Gasteiger partial charge in [-0.25, -0.2) is 4.79 Å². The summed E-state index contributed by atoms with van der Waals surface area (Å²) in [6, 6.07) is 13.0. The Morgan fingerprint density at radius 3 is 2.52 bits per heavy atom. The molecule has 0 radical (unpaired) electrons. The third-order valence-electron chi connectivity index (χ3n) is 5.46. The van der Waals surface area contributed by atoms with Gasteiger partial charge >= 0.3 is 18.1 Å². The molecule has 1 saturated heterocycles. The molecule has 1 aliphatic rings. The molecule has 7 nitrogen and oxygen atoms in total. The molecule has 1 unspecified atom stereocenters. The van der Waals surface area contributed by atoms with Gasteiger partial charge in [-0.3, -0.25) is 9.59 Å². The van der Waals surface area contributed by atoms with Crippen molar-refractivity contribution in [2.75, 3.05) is 20.1 Å². The highest BCUT2D eigenvalue weighted by Gasteiger charge is 2.45. The average molecular weight is 466 g/mol. The number of alkyl halides is 3. The van der Waals surface area contributed by atoms with Crippen molar-refractivity contribution < 1.29 is 36.7 Å². The number of likely N-dealkylation sites (tertiary alicyclic amines) is 1. The van der Waals surface area contributed by atoms with Crippen molar-refractivity contribution in [3.8, 4) is 0 Å². The van der Waals surface area contributed by atoms with E-state index in [9.17, 15) is 27.6 Å². The van der Waals surface area contributed by atoms with Gasteiger partial charge < -0.3 is 19.4 Å². The Hall–Kier alpha value is -3.14. The number of benzene rings is 1. The summed E-state index contributed by atoms with van der Waals surface area (Å²) in [5.41, 5.74) is -0.0691. The lowest BCUT2D eigenvalue weighted by atomic mass is 9.85. The third kappa shape index (κ3) is 6.92. The molecule has 1 aromatic carbocycles. The predicted octanol–water partition coefficient (Wildman–Crippen LogP) is 3.28. The van der Waals surface area contributed by atoms with Crippen LogP contribution in [0.25, 0.3) is 0 Å². The second kappa shape index (κ2) is 10.2. The molecule has 178 valence electrons. The predicted molar refractivity (Wildman–Crippen MR) is 111 cm³/mol. The molecule has 1 aliphatic heterocycles. The number of nitrogens with one attached hydrogen (secondary N) is 1. The van der Waals surface area contributed by atoms with E-state index in [1.807, 2.05) is 35.2 Å². The van der Waals surface area contributed by atoms with Gasteiger partial charge in [0.2, 0.25) is 0 Å². The van der Waals surface area contributed by atoms with Crippen LogP contribution in [0.1, 0.15) is 41.1 Å². The maximum Gasteiger partial charge on any atom is 0.491 e. The van der Waals surface area contributed by atoms with Crippen LogP contribution < -0.4 is 5.32 Å². The quantitative estimate of drug-likeness (QED) is 0.498. The summed E-state index contributed by atoms with van der Waals surface area (Å²) in [5.74, 6) is -3.88. The van der Waals surface area contributed by atoms with Gasteiger partial charge in [0.1, 0.15) is 5.76 Å². The van der Waals surface area contributed by atoms with Crippen LogP contribution in [-0.2, 0) is 27.2 Å². The average Bonchev–Trinajstić information content (AvgIpc) is 3.21. The number of ether oxygens (including phenoxy) is 1. The van der Waals surface area contributed by atoms with E-state index in [0.29, 0.717) is 31.6 Å². The van der Waals surface area contributed by atoms with Crippen molar-refractivity contribution in [1.82, 2.24) is 10.2 Å². The van der Waals surface area contributed by atoms with Crippen LogP contribution in [0.15, 0.2) is 46.9 Å². The minimum atomic E-state index is -5.28. The standard InChI is InChI=1S/C23H25F3N2O5/c1-28-13-5-12-22(15-28,14-19(29)33-21(31)23(24,25)26)27-20(30)18-11-10-17(32-18)9-8-16-6-3-2-4-7-16/h2-4,6-7,10-11H,5,8-9,12-15H2,1H3,(H,27,30). The number of esters is 2. The third-order valence-corrected chi connectivity index (χ3v) is 5.46. The van der Waals surface area contributed by atoms with Crippen molar-refractivity contribution in [1.29, 1.82) is 0 Å². The first-order valence-corrected chi connectivity index (χ1v) is 10.5. The number of hydrogen-bond acceptors (Lipinski definition) is 6. The first-order valence-electron chi connectivity index (χ1n) is 10.5. The molecule has 2 aromatic rings. The highest BCUT2D eigenvalue weighted by Crippen LogP contribution is 2.26. The normalized spacial score (nSPS) is 19.2. The number of amides is 1. The molecule has 0 saturated carbocycles. The van der Waals surface area contributed by atoms with E-state index in [1.165, 1.54) is 6.07 Å². The van der Waals surface area contributed by atoms with Crippen molar-refractivity contribution in [2.24, 2.45) is 0 Å². The van der Waals surface area contributed by atoms with Crippen LogP contribution >= 0.6 is 0 Å². The molecule has 1 fully saturated rings. The number of rotatable bonds is 7. The molecule has 1 amide bonds. The van der Waals surface area contributed by atoms with Crippen LogP contribution in [0.4, 0.5) is 13.2 Å². The fraction of sp³-hybridized carbons (Fsp3) is 0.435. The van der Waals surface area contributed by atoms with Crippen LogP contribution in [-0.4, -0.2) is 54.6 Å². The van der Waals surface area contributed by atoms with E-state index in [4.69, 9.17) is 4.42 Å². The van der Waals surface area contributed by atoms with Gasteiger partial charge in [0.05, 0.1) is 12.0 Å². The Balaban J connectivity index is 1.66. The largest absolute Gasteiger partial charge is 0.491 e. The van der Waals surface area contributed by atoms with Gasteiger partial charge in [-0.15, -0.1) is 0 Å². The minimum Gasteiger partial charge on any atom is -0.456 e. The minimum absolute atomic E-state index is 0.0328. The molecule has 0 spiro atoms. The highest BCUT2D eigenvalue weighted by molar-refractivity contribution is 5.93. The molecule has 1 aromatic heterocycles. The molecule has 1 N–H and O–H groups in total. The SMILES string of the molecule is CN1CCCC(CC(=O)OC(=O)C(F)(F)F)(NC(=O)c2ccc(CCc3ccccc3)o2)C1. The maximum atomic E-state index is 12.9. The molecule has 1 atom stereocenters. The summed E-state index contributed by atoms with van der Waals surface area (Å²) in [4.78, 5) is 37.8. The van der Waals surface area contributed by atoms with E-state index in [0.717, 1.165) is 12.0 Å². The van der Waals surface area contributed by atoms with Crippen LogP contribution in [0, 0.1) is 0 Å². The summed E-state index contributed by atoms with van der Waals surface area (Å²) < 4.78 is 46.9. The second-order valence-electron chi connectivity index (χ2n) is 8.26. The monoisotopic (exact) mass is 466 g/mol. The number of hydrogen-bond donors (Lipinski definition) is 1. The Morgan fingerprint density at radius 1 is 1.12 bits per heavy atom. The molecular formula is C23H25F3N2O5. The van der Waals surface area contributed by atoms with Crippen molar-refractivity contribution in [3.63, 3.8) is 0 Å². The van der Waals surface area contributed by atoms with Crippen molar-refractivity contribution in [3.05, 3.63) is 59.5 Å². The van der Waals surface area contributed by atoms with E-state index >= 15 is 0 Å². The first-order chi connectivity index (χ1) is 15.6. The summed E-state index contributed by atoms with van der Waals surface area (Å²) in [6.45, 7) is 0.897. The maximum absolute atomic E-state index is 12.9. The Kier molecular flexibility index (Phi) is 7.57. The number of likely N-dealkylation sites (N-methyl/N-ethyl adjacent to an activating group) is 1. The Labute approximate surface area is 188 Å². The molecular weight excluding hydrogens is 441 g/mol. The highest BCUT2D eigenvalue weighted by atomic mass is 19.4. The zero-order valence-electron chi connectivity index (χ0n) is 18.1. The number of furan rings is 1. The van der Waals surface area contributed by atoms with E-state index < -0.39 is 36.0 Å². The molecule has 33 heavy (non-hydrogen) atoms. The summed E-state index contributed by atoms with van der Waals surface area (Å²) in [6.07, 6.45) is -3.62. The van der Waals surface area contributed by atoms with Crippen LogP contribution in [0.2, 0.25) is 0 Å². The number of carbonyl (C=O) groups excluding carboxylic acids is 3. The fourth-order valence-electron chi connectivity index (χ4n) is 3.98. The Morgan fingerprint density at radius 2 is 1.85 bits per heavy atom. The number of halogens is 3. The number of carbonyl (C=O) groups is 3. The van der Waals surface area contributed by atoms with Crippen LogP contribution in [0.5, 0.6) is 0 Å². The lowest BCUT2D eigenvalue weighted by Gasteiger charge is -2.41. The Bertz CT molecular complexity index is 989. The number of piperidine rings is 1. The van der Waals surface area contributed by atoms with E-state index in [1.54, 1.807) is 13.1 Å². The fourth-order valence-corrected chi connectivity index (χ4v) is 3.98. The zero-order valence-corrected chi connectivity index (χ0v) is 18.1. The first kappa shape index (κ1) is 24.5. The van der Waals surface area contributed by atoms with Gasteiger partial charge in [0, 0.05) is 13.0 Å². The van der Waals surface area contributed by atoms with Gasteiger partial charge in [-0.1, -0.05) is 30.3 Å². The van der Waals surface area contributed by atoms with E-state index in [2.05, 4.69) is 10.1 Å². The number of nitrogens with zero attached hydrogens (tertiary/aromatic N) is 1. The van der Waals surface area contributed by atoms with Gasteiger partial charge in [-0.2, -0.15) is 13.2 Å². The summed E-state index contributed by atoms with van der Waals surface area (Å²) >= 11 is 0.